The fourth-order valence-corrected chi connectivity index (χ4v) is 2.69. The van der Waals surface area contributed by atoms with E-state index in [4.69, 9.17) is 25.8 Å². The lowest BCUT2D eigenvalue weighted by Crippen LogP contribution is -2.31. The molecule has 2 aromatic rings. The second kappa shape index (κ2) is 7.44. The molecule has 130 valence electrons. The monoisotopic (exact) mass is 361 g/mol. The first-order valence-corrected chi connectivity index (χ1v) is 8.04. The smallest absolute Gasteiger partial charge is 0.326 e. The molecule has 0 aromatic heterocycles. The van der Waals surface area contributed by atoms with Gasteiger partial charge in [-0.2, -0.15) is 0 Å². The summed E-state index contributed by atoms with van der Waals surface area (Å²) in [5, 5.41) is 3.04. The van der Waals surface area contributed by atoms with E-state index in [9.17, 15) is 9.59 Å². The highest BCUT2D eigenvalue weighted by molar-refractivity contribution is 6.31. The van der Waals surface area contributed by atoms with E-state index in [0.717, 1.165) is 0 Å². The van der Waals surface area contributed by atoms with Gasteiger partial charge in [-0.1, -0.05) is 29.8 Å². The number of esters is 1. The van der Waals surface area contributed by atoms with Crippen molar-refractivity contribution in [3.05, 3.63) is 58.6 Å². The number of halogens is 1. The summed E-state index contributed by atoms with van der Waals surface area (Å²) in [5.74, 6) is 0.134. The summed E-state index contributed by atoms with van der Waals surface area (Å²) in [4.78, 5) is 24.1. The second-order valence-corrected chi connectivity index (χ2v) is 5.81. The maximum absolute atomic E-state index is 12.1. The average Bonchev–Trinajstić information content (AvgIpc) is 3.07. The molecule has 0 saturated carbocycles. The summed E-state index contributed by atoms with van der Waals surface area (Å²) >= 11 is 6.07. The van der Waals surface area contributed by atoms with Gasteiger partial charge in [0.15, 0.2) is 11.5 Å². The largest absolute Gasteiger partial charge is 0.456 e. The minimum Gasteiger partial charge on any atom is -0.456 e. The Hall–Kier alpha value is -2.73. The summed E-state index contributed by atoms with van der Waals surface area (Å²) in [6.07, 6.45) is -0.511. The standard InChI is InChI=1S/C18H16ClNO5/c1-11(13-4-2-3-5-14(13)19)25-17(21)9-20-18(22)12-6-7-15-16(8-12)24-10-23-15/h2-8,11H,9-10H2,1H3,(H,20,22)/t11-/m1/s1. The number of hydrogen-bond acceptors (Lipinski definition) is 5. The lowest BCUT2D eigenvalue weighted by Gasteiger charge is -2.15. The Balaban J connectivity index is 1.53. The van der Waals surface area contributed by atoms with Gasteiger partial charge in [0.25, 0.3) is 5.91 Å². The molecule has 0 aliphatic carbocycles. The molecule has 1 heterocycles. The molecule has 0 radical (unpaired) electrons. The summed E-state index contributed by atoms with van der Waals surface area (Å²) in [6, 6.07) is 11.9. The summed E-state index contributed by atoms with van der Waals surface area (Å²) < 4.78 is 15.7. The van der Waals surface area contributed by atoms with Crippen molar-refractivity contribution in [2.75, 3.05) is 13.3 Å². The van der Waals surface area contributed by atoms with Crippen LogP contribution in [0.4, 0.5) is 0 Å². The zero-order valence-corrected chi connectivity index (χ0v) is 14.2. The molecule has 1 N–H and O–H groups in total. The van der Waals surface area contributed by atoms with E-state index in [-0.39, 0.29) is 13.3 Å². The van der Waals surface area contributed by atoms with Crippen molar-refractivity contribution in [3.8, 4) is 11.5 Å². The van der Waals surface area contributed by atoms with Gasteiger partial charge in [0.2, 0.25) is 6.79 Å². The van der Waals surface area contributed by atoms with Crippen molar-refractivity contribution in [2.45, 2.75) is 13.0 Å². The molecule has 7 heteroatoms. The van der Waals surface area contributed by atoms with Crippen LogP contribution in [-0.2, 0) is 9.53 Å². The van der Waals surface area contributed by atoms with E-state index in [1.807, 2.05) is 6.07 Å². The van der Waals surface area contributed by atoms with Crippen molar-refractivity contribution in [3.63, 3.8) is 0 Å². The molecule has 6 nitrogen and oxygen atoms in total. The van der Waals surface area contributed by atoms with Crippen molar-refractivity contribution in [1.29, 1.82) is 0 Å². The van der Waals surface area contributed by atoms with E-state index in [1.54, 1.807) is 43.3 Å². The zero-order valence-electron chi connectivity index (χ0n) is 13.5. The molecular weight excluding hydrogens is 346 g/mol. The van der Waals surface area contributed by atoms with Crippen LogP contribution in [0.3, 0.4) is 0 Å². The van der Waals surface area contributed by atoms with Crippen LogP contribution in [-0.4, -0.2) is 25.2 Å². The quantitative estimate of drug-likeness (QED) is 0.828. The fourth-order valence-electron chi connectivity index (χ4n) is 2.40. The van der Waals surface area contributed by atoms with Gasteiger partial charge >= 0.3 is 5.97 Å². The van der Waals surface area contributed by atoms with Gasteiger partial charge in [-0.25, -0.2) is 0 Å². The number of amides is 1. The Bertz CT molecular complexity index is 808. The van der Waals surface area contributed by atoms with Crippen LogP contribution < -0.4 is 14.8 Å². The number of carbonyl (C=O) groups is 2. The van der Waals surface area contributed by atoms with Crippen molar-refractivity contribution in [2.24, 2.45) is 0 Å². The molecule has 2 aromatic carbocycles. The van der Waals surface area contributed by atoms with Gasteiger partial charge in [-0.15, -0.1) is 0 Å². The van der Waals surface area contributed by atoms with E-state index in [0.29, 0.717) is 27.6 Å². The Morgan fingerprint density at radius 3 is 2.76 bits per heavy atom. The van der Waals surface area contributed by atoms with Crippen LogP contribution in [0.1, 0.15) is 28.9 Å². The maximum atomic E-state index is 12.1. The topological polar surface area (TPSA) is 73.9 Å². The Morgan fingerprint density at radius 2 is 1.96 bits per heavy atom. The highest BCUT2D eigenvalue weighted by atomic mass is 35.5. The first kappa shape index (κ1) is 17.1. The Morgan fingerprint density at radius 1 is 1.20 bits per heavy atom. The molecule has 1 atom stereocenters. The molecule has 3 rings (SSSR count). The van der Waals surface area contributed by atoms with E-state index in [2.05, 4.69) is 5.32 Å². The minimum atomic E-state index is -0.554. The highest BCUT2D eigenvalue weighted by Crippen LogP contribution is 2.32. The predicted octanol–water partition coefficient (Wildman–Crippen LogP) is 3.10. The Labute approximate surface area is 149 Å². The van der Waals surface area contributed by atoms with Gasteiger partial charge < -0.3 is 19.5 Å². The normalized spacial score (nSPS) is 13.2. The molecular formula is C18H16ClNO5. The molecule has 1 aliphatic rings. The number of nitrogens with one attached hydrogen (secondary N) is 1. The lowest BCUT2D eigenvalue weighted by molar-refractivity contribution is -0.147. The number of benzene rings is 2. The number of fused-ring (bicyclic) bond motifs is 1. The number of carbonyl (C=O) groups excluding carboxylic acids is 2. The molecule has 1 aliphatic heterocycles. The summed E-state index contributed by atoms with van der Waals surface area (Å²) in [5.41, 5.74) is 1.08. The van der Waals surface area contributed by atoms with Gasteiger partial charge in [0, 0.05) is 16.1 Å². The SMILES string of the molecule is C[C@@H](OC(=O)CNC(=O)c1ccc2c(c1)OCO2)c1ccccc1Cl. The predicted molar refractivity (Wildman–Crippen MR) is 90.9 cm³/mol. The third-order valence-electron chi connectivity index (χ3n) is 3.68. The van der Waals surface area contributed by atoms with Crippen LogP contribution in [0.5, 0.6) is 11.5 Å². The minimum absolute atomic E-state index is 0.132. The molecule has 0 spiro atoms. The molecule has 0 unspecified atom stereocenters. The van der Waals surface area contributed by atoms with Gasteiger partial charge in [0.05, 0.1) is 0 Å². The van der Waals surface area contributed by atoms with Crippen LogP contribution in [0.15, 0.2) is 42.5 Å². The summed E-state index contributed by atoms with van der Waals surface area (Å²) in [6.45, 7) is 1.60. The van der Waals surface area contributed by atoms with E-state index < -0.39 is 18.0 Å². The lowest BCUT2D eigenvalue weighted by atomic mass is 10.1. The first-order valence-electron chi connectivity index (χ1n) is 7.66. The Kier molecular flexibility index (Phi) is 5.09. The van der Waals surface area contributed by atoms with Crippen LogP contribution >= 0.6 is 11.6 Å². The van der Waals surface area contributed by atoms with E-state index >= 15 is 0 Å². The number of hydrogen-bond donors (Lipinski definition) is 1. The third kappa shape index (κ3) is 4.03. The molecule has 25 heavy (non-hydrogen) atoms. The summed E-state index contributed by atoms with van der Waals surface area (Å²) in [7, 11) is 0. The molecule has 0 fully saturated rings. The van der Waals surface area contributed by atoms with Crippen molar-refractivity contribution < 1.29 is 23.8 Å². The number of rotatable bonds is 5. The fraction of sp³-hybridized carbons (Fsp3) is 0.222. The average molecular weight is 362 g/mol. The van der Waals surface area contributed by atoms with Crippen LogP contribution in [0, 0.1) is 0 Å². The van der Waals surface area contributed by atoms with Crippen LogP contribution in [0.2, 0.25) is 5.02 Å². The second-order valence-electron chi connectivity index (χ2n) is 5.40. The molecule has 0 saturated heterocycles. The third-order valence-corrected chi connectivity index (χ3v) is 4.02. The van der Waals surface area contributed by atoms with E-state index in [1.165, 1.54) is 0 Å². The van der Waals surface area contributed by atoms with Crippen molar-refractivity contribution in [1.82, 2.24) is 5.32 Å². The van der Waals surface area contributed by atoms with Gasteiger partial charge in [-0.05, 0) is 31.2 Å². The first-order chi connectivity index (χ1) is 12.0. The van der Waals surface area contributed by atoms with Gasteiger partial charge in [0.1, 0.15) is 12.6 Å². The zero-order chi connectivity index (χ0) is 17.8. The number of ether oxygens (including phenoxy) is 3. The van der Waals surface area contributed by atoms with Crippen LogP contribution in [0.25, 0.3) is 0 Å². The molecule has 1 amide bonds. The molecule has 0 bridgehead atoms. The van der Waals surface area contributed by atoms with Gasteiger partial charge in [-0.3, -0.25) is 9.59 Å². The maximum Gasteiger partial charge on any atom is 0.326 e. The highest BCUT2D eigenvalue weighted by Gasteiger charge is 2.18. The van der Waals surface area contributed by atoms with Crippen molar-refractivity contribution >= 4 is 23.5 Å².